The molecule has 3 heteroatoms. The van der Waals surface area contributed by atoms with E-state index in [0.717, 1.165) is 19.1 Å². The first-order valence-corrected chi connectivity index (χ1v) is 6.19. The van der Waals surface area contributed by atoms with Gasteiger partial charge in [-0.25, -0.2) is 0 Å². The summed E-state index contributed by atoms with van der Waals surface area (Å²) in [6, 6.07) is 0.793. The summed E-state index contributed by atoms with van der Waals surface area (Å²) in [5.74, 6) is 0. The Morgan fingerprint density at radius 1 is 1.50 bits per heavy atom. The van der Waals surface area contributed by atoms with Gasteiger partial charge in [-0.3, -0.25) is 0 Å². The van der Waals surface area contributed by atoms with Gasteiger partial charge in [0.1, 0.15) is 0 Å². The van der Waals surface area contributed by atoms with Crippen molar-refractivity contribution in [3.05, 3.63) is 0 Å². The average molecular weight is 219 g/mol. The molecule has 2 atom stereocenters. The minimum absolute atomic E-state index is 0.249. The summed E-state index contributed by atoms with van der Waals surface area (Å²) in [7, 11) is 2.24. The molecule has 2 nitrogen and oxygen atoms in total. The predicted molar refractivity (Wildman–Crippen MR) is 63.1 cm³/mol. The zero-order valence-electron chi connectivity index (χ0n) is 9.43. The van der Waals surface area contributed by atoms with Gasteiger partial charge in [-0.1, -0.05) is 6.42 Å². The van der Waals surface area contributed by atoms with Gasteiger partial charge in [-0.15, -0.1) is 11.6 Å². The van der Waals surface area contributed by atoms with Gasteiger partial charge in [0.15, 0.2) is 0 Å². The van der Waals surface area contributed by atoms with Crippen molar-refractivity contribution >= 4 is 11.6 Å². The van der Waals surface area contributed by atoms with Crippen LogP contribution >= 0.6 is 11.6 Å². The van der Waals surface area contributed by atoms with Crippen molar-refractivity contribution < 1.29 is 0 Å². The Labute approximate surface area is 93.0 Å². The van der Waals surface area contributed by atoms with Gasteiger partial charge in [0.2, 0.25) is 0 Å². The van der Waals surface area contributed by atoms with Crippen molar-refractivity contribution in [3.63, 3.8) is 0 Å². The van der Waals surface area contributed by atoms with Gasteiger partial charge in [0.25, 0.3) is 0 Å². The van der Waals surface area contributed by atoms with Crippen LogP contribution in [0.15, 0.2) is 0 Å². The first kappa shape index (κ1) is 12.3. The Hall–Kier alpha value is 0.210. The van der Waals surface area contributed by atoms with Crippen molar-refractivity contribution in [2.45, 2.75) is 44.0 Å². The van der Waals surface area contributed by atoms with Crippen LogP contribution < -0.4 is 5.32 Å². The third-order valence-corrected chi connectivity index (χ3v) is 3.16. The fourth-order valence-electron chi connectivity index (χ4n) is 2.08. The van der Waals surface area contributed by atoms with Gasteiger partial charge in [-0.05, 0) is 46.3 Å². The zero-order valence-corrected chi connectivity index (χ0v) is 10.2. The van der Waals surface area contributed by atoms with Gasteiger partial charge in [-0.2, -0.15) is 0 Å². The molecule has 1 aliphatic rings. The standard InChI is InChI=1S/C11H23ClN2/c1-10(12)9-13-7-6-11-5-3-4-8-14(11)2/h10-11,13H,3-9H2,1-2H3. The summed E-state index contributed by atoms with van der Waals surface area (Å²) >= 11 is 5.86. The lowest BCUT2D eigenvalue weighted by Crippen LogP contribution is -2.38. The van der Waals surface area contributed by atoms with Crippen molar-refractivity contribution in [1.82, 2.24) is 10.2 Å². The van der Waals surface area contributed by atoms with E-state index in [0.29, 0.717) is 0 Å². The molecule has 0 saturated carbocycles. The van der Waals surface area contributed by atoms with E-state index in [1.165, 1.54) is 32.2 Å². The molecule has 0 radical (unpaired) electrons. The highest BCUT2D eigenvalue weighted by Gasteiger charge is 2.17. The molecule has 0 aromatic heterocycles. The molecule has 0 bridgehead atoms. The second-order valence-corrected chi connectivity index (χ2v) is 5.15. The van der Waals surface area contributed by atoms with Crippen LogP contribution in [0.25, 0.3) is 0 Å². The van der Waals surface area contributed by atoms with Crippen LogP contribution in [-0.2, 0) is 0 Å². The predicted octanol–water partition coefficient (Wildman–Crippen LogP) is 2.08. The Bertz CT molecular complexity index is 150. The molecular weight excluding hydrogens is 196 g/mol. The second kappa shape index (κ2) is 6.65. The number of hydrogen-bond acceptors (Lipinski definition) is 2. The lowest BCUT2D eigenvalue weighted by Gasteiger charge is -2.32. The van der Waals surface area contributed by atoms with Crippen molar-refractivity contribution in [2.24, 2.45) is 0 Å². The van der Waals surface area contributed by atoms with Crippen LogP contribution in [-0.4, -0.2) is 43.0 Å². The average Bonchev–Trinajstić information content (AvgIpc) is 2.15. The molecule has 1 rings (SSSR count). The molecule has 0 amide bonds. The Balaban J connectivity index is 2.04. The Morgan fingerprint density at radius 3 is 2.93 bits per heavy atom. The molecule has 0 aromatic rings. The number of nitrogens with zero attached hydrogens (tertiary/aromatic N) is 1. The topological polar surface area (TPSA) is 15.3 Å². The molecule has 2 unspecified atom stereocenters. The monoisotopic (exact) mass is 218 g/mol. The fraction of sp³-hybridized carbons (Fsp3) is 1.00. The van der Waals surface area contributed by atoms with E-state index in [9.17, 15) is 0 Å². The van der Waals surface area contributed by atoms with Crippen LogP contribution in [0.5, 0.6) is 0 Å². The largest absolute Gasteiger partial charge is 0.315 e. The number of halogens is 1. The summed E-state index contributed by atoms with van der Waals surface area (Å²) in [6.45, 7) is 5.34. The lowest BCUT2D eigenvalue weighted by molar-refractivity contribution is 0.175. The van der Waals surface area contributed by atoms with Crippen LogP contribution in [0.4, 0.5) is 0 Å². The molecule has 1 N–H and O–H groups in total. The zero-order chi connectivity index (χ0) is 10.4. The van der Waals surface area contributed by atoms with Crippen molar-refractivity contribution in [3.8, 4) is 0 Å². The van der Waals surface area contributed by atoms with E-state index >= 15 is 0 Å². The van der Waals surface area contributed by atoms with E-state index < -0.39 is 0 Å². The third kappa shape index (κ3) is 4.63. The SMILES string of the molecule is CC(Cl)CNCCC1CCCCN1C. The van der Waals surface area contributed by atoms with Crippen molar-refractivity contribution in [2.75, 3.05) is 26.7 Å². The summed E-state index contributed by atoms with van der Waals surface area (Å²) in [4.78, 5) is 2.50. The first-order chi connectivity index (χ1) is 6.70. The van der Waals surface area contributed by atoms with E-state index in [2.05, 4.69) is 17.3 Å². The summed E-state index contributed by atoms with van der Waals surface area (Å²) in [6.07, 6.45) is 5.41. The molecule has 0 spiro atoms. The molecule has 1 fully saturated rings. The number of hydrogen-bond donors (Lipinski definition) is 1. The van der Waals surface area contributed by atoms with E-state index in [1.807, 2.05) is 6.92 Å². The van der Waals surface area contributed by atoms with E-state index in [-0.39, 0.29) is 5.38 Å². The normalized spacial score (nSPS) is 26.4. The quantitative estimate of drug-likeness (QED) is 0.562. The third-order valence-electron chi connectivity index (χ3n) is 3.00. The number of likely N-dealkylation sites (tertiary alicyclic amines) is 1. The highest BCUT2D eigenvalue weighted by Crippen LogP contribution is 2.16. The number of alkyl halides is 1. The maximum atomic E-state index is 5.86. The van der Waals surface area contributed by atoms with Gasteiger partial charge >= 0.3 is 0 Å². The summed E-state index contributed by atoms with van der Waals surface area (Å²) < 4.78 is 0. The Morgan fingerprint density at radius 2 is 2.29 bits per heavy atom. The lowest BCUT2D eigenvalue weighted by atomic mass is 10.0. The first-order valence-electron chi connectivity index (χ1n) is 5.75. The molecule has 1 aliphatic heterocycles. The highest BCUT2D eigenvalue weighted by atomic mass is 35.5. The molecule has 1 heterocycles. The van der Waals surface area contributed by atoms with E-state index in [4.69, 9.17) is 11.6 Å². The van der Waals surface area contributed by atoms with Crippen molar-refractivity contribution in [1.29, 1.82) is 0 Å². The minimum Gasteiger partial charge on any atom is -0.315 e. The van der Waals surface area contributed by atoms with Crippen LogP contribution in [0, 0.1) is 0 Å². The molecule has 0 aliphatic carbocycles. The smallest absolute Gasteiger partial charge is 0.0432 e. The van der Waals surface area contributed by atoms with Crippen LogP contribution in [0.1, 0.15) is 32.6 Å². The molecular formula is C11H23ClN2. The van der Waals surface area contributed by atoms with Gasteiger partial charge < -0.3 is 10.2 Å². The summed E-state index contributed by atoms with van der Waals surface area (Å²) in [5, 5.41) is 3.64. The molecule has 84 valence electrons. The number of nitrogens with one attached hydrogen (secondary N) is 1. The second-order valence-electron chi connectivity index (χ2n) is 4.40. The van der Waals surface area contributed by atoms with Gasteiger partial charge in [0.05, 0.1) is 0 Å². The molecule has 1 saturated heterocycles. The van der Waals surface area contributed by atoms with Crippen LogP contribution in [0.3, 0.4) is 0 Å². The van der Waals surface area contributed by atoms with E-state index in [1.54, 1.807) is 0 Å². The van der Waals surface area contributed by atoms with Crippen LogP contribution in [0.2, 0.25) is 0 Å². The summed E-state index contributed by atoms with van der Waals surface area (Å²) in [5.41, 5.74) is 0. The number of rotatable bonds is 5. The fourth-order valence-corrected chi connectivity index (χ4v) is 2.19. The van der Waals surface area contributed by atoms with Gasteiger partial charge in [0, 0.05) is 18.0 Å². The molecule has 0 aromatic carbocycles. The number of piperidine rings is 1. The maximum Gasteiger partial charge on any atom is 0.0432 e. The maximum absolute atomic E-state index is 5.86. The highest BCUT2D eigenvalue weighted by molar-refractivity contribution is 6.20. The molecule has 14 heavy (non-hydrogen) atoms. The Kier molecular flexibility index (Phi) is 5.83. The minimum atomic E-state index is 0.249.